The van der Waals surface area contributed by atoms with Gasteiger partial charge in [0.2, 0.25) is 0 Å². The molecule has 3 aromatic rings. The van der Waals surface area contributed by atoms with Crippen LogP contribution in [0.15, 0.2) is 48.9 Å². The van der Waals surface area contributed by atoms with Crippen molar-refractivity contribution in [1.82, 2.24) is 14.5 Å². The molecule has 1 amide bonds. The zero-order valence-electron chi connectivity index (χ0n) is 22.3. The van der Waals surface area contributed by atoms with E-state index < -0.39 is 28.8 Å². The number of hydrogen-bond donors (Lipinski definition) is 2. The molecule has 37 heavy (non-hydrogen) atoms. The van der Waals surface area contributed by atoms with Crippen LogP contribution in [0.2, 0.25) is 18.1 Å². The number of nitrogens with one attached hydrogen (secondary N) is 1. The standard InChI is InChI=1S/C26H37N4O5PSi/c1-7-17-15-20(22(21(17)34-36(32)33)35-37(5,6)26(2,3)4)30-14-13-19-23(27-16-28-24(19)30)29-25(31)18-11-9-8-10-12-18/h8-14,16-17,20-22,36H,7,15H2,1-6H3,(H,32,33)(H,27,28,29,31)/t17-,20+,21+,22-/m0/s1. The second-order valence-electron chi connectivity index (χ2n) is 11.2. The lowest BCUT2D eigenvalue weighted by Crippen LogP contribution is -2.48. The molecule has 1 unspecified atom stereocenters. The van der Waals surface area contributed by atoms with Crippen LogP contribution < -0.4 is 5.32 Å². The second kappa shape index (κ2) is 10.8. The molecule has 0 spiro atoms. The largest absolute Gasteiger partial charge is 0.409 e. The van der Waals surface area contributed by atoms with Crippen molar-refractivity contribution in [3.8, 4) is 0 Å². The van der Waals surface area contributed by atoms with E-state index in [1.54, 1.807) is 12.1 Å². The number of rotatable bonds is 8. The van der Waals surface area contributed by atoms with E-state index in [4.69, 9.17) is 8.95 Å². The van der Waals surface area contributed by atoms with Crippen LogP contribution in [0.4, 0.5) is 5.82 Å². The molecule has 4 rings (SSSR count). The predicted molar refractivity (Wildman–Crippen MR) is 148 cm³/mol. The number of carbonyl (C=O) groups is 1. The minimum Gasteiger partial charge on any atom is -0.409 e. The number of aromatic nitrogens is 3. The Bertz CT molecular complexity index is 1280. The minimum atomic E-state index is -3.16. The van der Waals surface area contributed by atoms with E-state index in [9.17, 15) is 14.3 Å². The molecule has 0 bridgehead atoms. The number of carbonyl (C=O) groups excluding carboxylic acids is 1. The van der Waals surface area contributed by atoms with E-state index in [1.165, 1.54) is 6.33 Å². The first-order valence-electron chi connectivity index (χ1n) is 12.7. The van der Waals surface area contributed by atoms with Gasteiger partial charge in [-0.3, -0.25) is 9.36 Å². The molecule has 2 heterocycles. The van der Waals surface area contributed by atoms with Crippen LogP contribution in [0.25, 0.3) is 11.0 Å². The van der Waals surface area contributed by atoms with Crippen LogP contribution in [0.3, 0.4) is 0 Å². The molecular weight excluding hydrogens is 507 g/mol. The highest BCUT2D eigenvalue weighted by molar-refractivity contribution is 7.32. The summed E-state index contributed by atoms with van der Waals surface area (Å²) in [6, 6.07) is 10.7. The van der Waals surface area contributed by atoms with Crippen LogP contribution in [0.5, 0.6) is 0 Å². The molecule has 9 nitrogen and oxygen atoms in total. The third-order valence-electron chi connectivity index (χ3n) is 7.84. The maximum absolute atomic E-state index is 12.8. The highest BCUT2D eigenvalue weighted by Crippen LogP contribution is 2.48. The molecule has 0 aliphatic heterocycles. The van der Waals surface area contributed by atoms with Gasteiger partial charge in [0.05, 0.1) is 23.6 Å². The van der Waals surface area contributed by atoms with E-state index in [2.05, 4.69) is 56.1 Å². The number of hydrogen-bond acceptors (Lipinski definition) is 6. The average Bonchev–Trinajstić information content (AvgIpc) is 3.40. The Kier molecular flexibility index (Phi) is 8.06. The maximum Gasteiger partial charge on any atom is 0.316 e. The zero-order chi connectivity index (χ0) is 27.0. The smallest absolute Gasteiger partial charge is 0.316 e. The van der Waals surface area contributed by atoms with Gasteiger partial charge >= 0.3 is 8.25 Å². The lowest BCUT2D eigenvalue weighted by atomic mass is 10.0. The molecule has 2 N–H and O–H groups in total. The fraction of sp³-hybridized carbons (Fsp3) is 0.500. The average molecular weight is 545 g/mol. The summed E-state index contributed by atoms with van der Waals surface area (Å²) >= 11 is 0. The Morgan fingerprint density at radius 3 is 2.51 bits per heavy atom. The van der Waals surface area contributed by atoms with Crippen LogP contribution in [0.1, 0.15) is 56.9 Å². The number of anilines is 1. The monoisotopic (exact) mass is 544 g/mol. The highest BCUT2D eigenvalue weighted by atomic mass is 31.1. The number of amides is 1. The first-order chi connectivity index (χ1) is 17.4. The normalized spacial score (nSPS) is 23.3. The molecule has 1 saturated carbocycles. The fourth-order valence-electron chi connectivity index (χ4n) is 4.79. The Morgan fingerprint density at radius 2 is 1.89 bits per heavy atom. The topological polar surface area (TPSA) is 116 Å². The summed E-state index contributed by atoms with van der Waals surface area (Å²) in [5.74, 6) is 0.232. The predicted octanol–water partition coefficient (Wildman–Crippen LogP) is 5.81. The number of benzene rings is 1. The Labute approximate surface area is 219 Å². The molecule has 1 aliphatic rings. The van der Waals surface area contributed by atoms with Crippen molar-refractivity contribution in [3.05, 3.63) is 54.5 Å². The summed E-state index contributed by atoms with van der Waals surface area (Å²) in [6.07, 6.45) is 3.96. The SMILES string of the molecule is CC[C@H]1C[C@@H](n2ccc3c(NC(=O)c4ccccc4)ncnc32)[C@H](O[Si](C)(C)C(C)(C)C)[C@@H]1O[PH](=O)O. The van der Waals surface area contributed by atoms with Crippen molar-refractivity contribution in [1.29, 1.82) is 0 Å². The van der Waals surface area contributed by atoms with Crippen LogP contribution >= 0.6 is 8.25 Å². The van der Waals surface area contributed by atoms with Crippen LogP contribution in [0, 0.1) is 5.92 Å². The molecule has 1 aromatic carbocycles. The first-order valence-corrected chi connectivity index (χ1v) is 16.9. The van der Waals surface area contributed by atoms with Crippen molar-refractivity contribution >= 4 is 39.3 Å². The van der Waals surface area contributed by atoms with Gasteiger partial charge in [0, 0.05) is 11.8 Å². The molecule has 200 valence electrons. The molecule has 1 fully saturated rings. The van der Waals surface area contributed by atoms with E-state index in [-0.39, 0.29) is 22.9 Å². The number of fused-ring (bicyclic) bond motifs is 1. The van der Waals surface area contributed by atoms with E-state index in [0.29, 0.717) is 22.4 Å². The number of nitrogens with zero attached hydrogens (tertiary/aromatic N) is 3. The van der Waals surface area contributed by atoms with Crippen LogP contribution in [-0.4, -0.2) is 45.9 Å². The maximum atomic E-state index is 12.8. The van der Waals surface area contributed by atoms with Gasteiger partial charge < -0.3 is 23.7 Å². The van der Waals surface area contributed by atoms with Crippen molar-refractivity contribution in [2.75, 3.05) is 5.32 Å². The van der Waals surface area contributed by atoms with Gasteiger partial charge in [0.25, 0.3) is 5.91 Å². The van der Waals surface area contributed by atoms with Gasteiger partial charge in [-0.05, 0) is 48.7 Å². The minimum absolute atomic E-state index is 0.0489. The quantitative estimate of drug-likeness (QED) is 0.271. The van der Waals surface area contributed by atoms with Crippen molar-refractivity contribution < 1.29 is 23.2 Å². The molecule has 5 atom stereocenters. The molecule has 0 saturated heterocycles. The lowest BCUT2D eigenvalue weighted by Gasteiger charge is -2.41. The highest BCUT2D eigenvalue weighted by Gasteiger charge is 2.50. The molecule has 11 heteroatoms. The Balaban J connectivity index is 1.72. The van der Waals surface area contributed by atoms with Gasteiger partial charge in [-0.15, -0.1) is 0 Å². The fourth-order valence-corrected chi connectivity index (χ4v) is 6.67. The van der Waals surface area contributed by atoms with Gasteiger partial charge in [0.1, 0.15) is 17.8 Å². The summed E-state index contributed by atoms with van der Waals surface area (Å²) in [7, 11) is -5.41. The molecule has 0 radical (unpaired) electrons. The van der Waals surface area contributed by atoms with E-state index in [0.717, 1.165) is 12.8 Å². The lowest BCUT2D eigenvalue weighted by molar-refractivity contribution is 0.0284. The van der Waals surface area contributed by atoms with E-state index >= 15 is 0 Å². The summed E-state index contributed by atoms with van der Waals surface area (Å²) in [6.45, 7) is 12.9. The summed E-state index contributed by atoms with van der Waals surface area (Å²) in [5, 5.41) is 3.57. The summed E-state index contributed by atoms with van der Waals surface area (Å²) < 4.78 is 26.4. The van der Waals surface area contributed by atoms with Crippen molar-refractivity contribution in [2.45, 2.75) is 76.9 Å². The molecule has 2 aromatic heterocycles. The third-order valence-corrected chi connectivity index (χ3v) is 12.8. The third kappa shape index (κ3) is 5.73. The van der Waals surface area contributed by atoms with Crippen LogP contribution in [-0.2, 0) is 13.5 Å². The summed E-state index contributed by atoms with van der Waals surface area (Å²) in [5.41, 5.74) is 1.21. The van der Waals surface area contributed by atoms with Crippen molar-refractivity contribution in [3.63, 3.8) is 0 Å². The van der Waals surface area contributed by atoms with Gasteiger partial charge in [-0.2, -0.15) is 0 Å². The Morgan fingerprint density at radius 1 is 1.19 bits per heavy atom. The van der Waals surface area contributed by atoms with Gasteiger partial charge in [0.15, 0.2) is 8.32 Å². The van der Waals surface area contributed by atoms with Crippen molar-refractivity contribution in [2.24, 2.45) is 5.92 Å². The first kappa shape index (κ1) is 27.7. The zero-order valence-corrected chi connectivity index (χ0v) is 24.3. The molecule has 1 aliphatic carbocycles. The molecular formula is C26H37N4O5PSi. The van der Waals surface area contributed by atoms with Gasteiger partial charge in [-0.25, -0.2) is 9.97 Å². The Hall–Kier alpha value is -2.36. The summed E-state index contributed by atoms with van der Waals surface area (Å²) in [4.78, 5) is 31.4. The second-order valence-corrected chi connectivity index (χ2v) is 16.7. The van der Waals surface area contributed by atoms with Gasteiger partial charge in [-0.1, -0.05) is 52.3 Å². The van der Waals surface area contributed by atoms with E-state index in [1.807, 2.05) is 35.0 Å².